The number of ether oxygens (including phenoxy) is 1. The molecular weight excluding hydrogens is 378 g/mol. The predicted molar refractivity (Wildman–Crippen MR) is 107 cm³/mol. The Morgan fingerprint density at radius 2 is 2.07 bits per heavy atom. The number of esters is 1. The number of fused-ring (bicyclic) bond motifs is 1. The maximum absolute atomic E-state index is 12.9. The van der Waals surface area contributed by atoms with E-state index in [0.717, 1.165) is 16.7 Å². The third-order valence-corrected chi connectivity index (χ3v) is 4.86. The second kappa shape index (κ2) is 8.50. The predicted octanol–water partition coefficient (Wildman–Crippen LogP) is 1.73. The van der Waals surface area contributed by atoms with E-state index in [1.807, 2.05) is 36.6 Å². The standard InChI is InChI=1S/C20H17N3O4S/c1-3-8-21-16(24)10-27-17(25)9-23-12-22-19-18(20(23)26)15(11-28-19)14-6-4-13(2)5-7-14/h1,4-7,11-12H,8-10H2,2H3,(H,21,24). The molecule has 2 heterocycles. The molecule has 0 saturated heterocycles. The number of carbonyl (C=O) groups excluding carboxylic acids is 2. The van der Waals surface area contributed by atoms with Crippen molar-refractivity contribution in [1.82, 2.24) is 14.9 Å². The van der Waals surface area contributed by atoms with E-state index < -0.39 is 18.5 Å². The fourth-order valence-corrected chi connectivity index (χ4v) is 3.46. The number of nitrogens with one attached hydrogen (secondary N) is 1. The number of rotatable bonds is 6. The Morgan fingerprint density at radius 1 is 1.32 bits per heavy atom. The highest BCUT2D eigenvalue weighted by atomic mass is 32.1. The fraction of sp³-hybridized carbons (Fsp3) is 0.200. The molecule has 3 aromatic rings. The van der Waals surface area contributed by atoms with Crippen LogP contribution in [0.15, 0.2) is 40.8 Å². The molecule has 3 rings (SSSR count). The van der Waals surface area contributed by atoms with Gasteiger partial charge in [-0.05, 0) is 12.5 Å². The van der Waals surface area contributed by atoms with Gasteiger partial charge in [-0.15, -0.1) is 17.8 Å². The molecule has 0 aliphatic heterocycles. The summed E-state index contributed by atoms with van der Waals surface area (Å²) >= 11 is 1.37. The number of hydrogen-bond acceptors (Lipinski definition) is 6. The fourth-order valence-electron chi connectivity index (χ4n) is 2.56. The Balaban J connectivity index is 1.80. The molecule has 1 aromatic carbocycles. The Hall–Kier alpha value is -3.44. The van der Waals surface area contributed by atoms with Crippen molar-refractivity contribution in [2.45, 2.75) is 13.5 Å². The van der Waals surface area contributed by atoms with Gasteiger partial charge in [0.15, 0.2) is 6.61 Å². The zero-order valence-electron chi connectivity index (χ0n) is 15.1. The quantitative estimate of drug-likeness (QED) is 0.507. The summed E-state index contributed by atoms with van der Waals surface area (Å²) in [5.41, 5.74) is 2.46. The second-order valence-electron chi connectivity index (χ2n) is 6.01. The maximum Gasteiger partial charge on any atom is 0.326 e. The van der Waals surface area contributed by atoms with Crippen LogP contribution in [0.1, 0.15) is 5.56 Å². The van der Waals surface area contributed by atoms with Gasteiger partial charge < -0.3 is 10.1 Å². The van der Waals surface area contributed by atoms with Crippen LogP contribution in [0.5, 0.6) is 0 Å². The molecule has 0 aliphatic carbocycles. The summed E-state index contributed by atoms with van der Waals surface area (Å²) in [4.78, 5) is 41.2. The van der Waals surface area contributed by atoms with Gasteiger partial charge in [-0.3, -0.25) is 19.0 Å². The molecule has 8 heteroatoms. The van der Waals surface area contributed by atoms with Crippen molar-refractivity contribution in [3.8, 4) is 23.5 Å². The lowest BCUT2D eigenvalue weighted by Crippen LogP contribution is -2.31. The summed E-state index contributed by atoms with van der Waals surface area (Å²) in [6.07, 6.45) is 6.34. The Labute approximate surface area is 165 Å². The van der Waals surface area contributed by atoms with Crippen LogP contribution in [-0.2, 0) is 20.9 Å². The second-order valence-corrected chi connectivity index (χ2v) is 6.87. The number of carbonyl (C=O) groups is 2. The van der Waals surface area contributed by atoms with E-state index in [1.165, 1.54) is 22.2 Å². The van der Waals surface area contributed by atoms with Crippen molar-refractivity contribution >= 4 is 33.4 Å². The SMILES string of the molecule is C#CCNC(=O)COC(=O)Cn1cnc2scc(-c3ccc(C)cc3)c2c1=O. The number of nitrogens with zero attached hydrogens (tertiary/aromatic N) is 2. The number of terminal acetylenes is 1. The van der Waals surface area contributed by atoms with Gasteiger partial charge in [0.25, 0.3) is 11.5 Å². The highest BCUT2D eigenvalue weighted by Gasteiger charge is 2.15. The van der Waals surface area contributed by atoms with E-state index in [2.05, 4.69) is 16.2 Å². The van der Waals surface area contributed by atoms with Crippen LogP contribution < -0.4 is 10.9 Å². The summed E-state index contributed by atoms with van der Waals surface area (Å²) in [6, 6.07) is 7.82. The van der Waals surface area contributed by atoms with Gasteiger partial charge >= 0.3 is 5.97 Å². The van der Waals surface area contributed by atoms with Gasteiger partial charge in [-0.1, -0.05) is 35.7 Å². The molecule has 28 heavy (non-hydrogen) atoms. The first kappa shape index (κ1) is 19.3. The van der Waals surface area contributed by atoms with Gasteiger partial charge in [0.1, 0.15) is 11.4 Å². The normalized spacial score (nSPS) is 10.4. The maximum atomic E-state index is 12.9. The summed E-state index contributed by atoms with van der Waals surface area (Å²) in [7, 11) is 0. The van der Waals surface area contributed by atoms with Crippen LogP contribution in [0.25, 0.3) is 21.3 Å². The van der Waals surface area contributed by atoms with E-state index in [4.69, 9.17) is 11.2 Å². The zero-order chi connectivity index (χ0) is 20.1. The van der Waals surface area contributed by atoms with Crippen LogP contribution in [0.3, 0.4) is 0 Å². The zero-order valence-corrected chi connectivity index (χ0v) is 15.9. The first-order chi connectivity index (χ1) is 13.5. The average molecular weight is 395 g/mol. The van der Waals surface area contributed by atoms with Crippen LogP contribution in [0.4, 0.5) is 0 Å². The van der Waals surface area contributed by atoms with Gasteiger partial charge in [-0.25, -0.2) is 4.98 Å². The monoisotopic (exact) mass is 395 g/mol. The molecule has 142 valence electrons. The van der Waals surface area contributed by atoms with E-state index >= 15 is 0 Å². The molecular formula is C20H17N3O4S. The minimum absolute atomic E-state index is 0.0520. The van der Waals surface area contributed by atoms with Gasteiger partial charge in [0, 0.05) is 10.9 Å². The molecule has 1 N–H and O–H groups in total. The number of benzene rings is 1. The molecule has 7 nitrogen and oxygen atoms in total. The van der Waals surface area contributed by atoms with Crippen molar-refractivity contribution in [2.75, 3.05) is 13.2 Å². The number of thiophene rings is 1. The summed E-state index contributed by atoms with van der Waals surface area (Å²) < 4.78 is 6.05. The lowest BCUT2D eigenvalue weighted by Gasteiger charge is -2.07. The Morgan fingerprint density at radius 3 is 2.79 bits per heavy atom. The topological polar surface area (TPSA) is 90.3 Å². The molecule has 0 spiro atoms. The van der Waals surface area contributed by atoms with Crippen LogP contribution >= 0.6 is 11.3 Å². The van der Waals surface area contributed by atoms with Gasteiger partial charge in [0.05, 0.1) is 18.3 Å². The molecule has 0 atom stereocenters. The first-order valence-corrected chi connectivity index (χ1v) is 9.27. The highest BCUT2D eigenvalue weighted by molar-refractivity contribution is 7.17. The number of aromatic nitrogens is 2. The lowest BCUT2D eigenvalue weighted by atomic mass is 10.1. The Kier molecular flexibility index (Phi) is 5.87. The summed E-state index contributed by atoms with van der Waals surface area (Å²) in [5, 5.41) is 4.71. The lowest BCUT2D eigenvalue weighted by molar-refractivity contribution is -0.149. The molecule has 1 amide bonds. The van der Waals surface area contributed by atoms with Crippen molar-refractivity contribution in [2.24, 2.45) is 0 Å². The van der Waals surface area contributed by atoms with Crippen molar-refractivity contribution in [3.05, 3.63) is 51.9 Å². The molecule has 2 aromatic heterocycles. The molecule has 0 saturated carbocycles. The largest absolute Gasteiger partial charge is 0.454 e. The number of aryl methyl sites for hydroxylation is 1. The molecule has 0 radical (unpaired) electrons. The van der Waals surface area contributed by atoms with E-state index in [9.17, 15) is 14.4 Å². The first-order valence-electron chi connectivity index (χ1n) is 8.39. The van der Waals surface area contributed by atoms with Gasteiger partial charge in [-0.2, -0.15) is 0 Å². The molecule has 0 fully saturated rings. The molecule has 0 bridgehead atoms. The van der Waals surface area contributed by atoms with E-state index in [0.29, 0.717) is 10.2 Å². The number of hydrogen-bond donors (Lipinski definition) is 1. The third kappa shape index (κ3) is 4.27. The average Bonchev–Trinajstić information content (AvgIpc) is 3.12. The van der Waals surface area contributed by atoms with Crippen LogP contribution in [0.2, 0.25) is 0 Å². The van der Waals surface area contributed by atoms with Gasteiger partial charge in [0.2, 0.25) is 0 Å². The van der Waals surface area contributed by atoms with Crippen molar-refractivity contribution < 1.29 is 14.3 Å². The Bertz CT molecular complexity index is 1120. The number of amides is 1. The molecule has 0 unspecified atom stereocenters. The highest BCUT2D eigenvalue weighted by Crippen LogP contribution is 2.30. The van der Waals surface area contributed by atoms with Crippen LogP contribution in [0, 0.1) is 19.3 Å². The minimum Gasteiger partial charge on any atom is -0.454 e. The third-order valence-electron chi connectivity index (χ3n) is 3.97. The van der Waals surface area contributed by atoms with Crippen molar-refractivity contribution in [1.29, 1.82) is 0 Å². The van der Waals surface area contributed by atoms with Crippen LogP contribution in [-0.4, -0.2) is 34.6 Å². The molecule has 0 aliphatic rings. The van der Waals surface area contributed by atoms with E-state index in [-0.39, 0.29) is 18.6 Å². The van der Waals surface area contributed by atoms with Crippen molar-refractivity contribution in [3.63, 3.8) is 0 Å². The minimum atomic E-state index is -0.716. The smallest absolute Gasteiger partial charge is 0.326 e. The van der Waals surface area contributed by atoms with E-state index in [1.54, 1.807) is 0 Å². The summed E-state index contributed by atoms with van der Waals surface area (Å²) in [6.45, 7) is 1.24. The summed E-state index contributed by atoms with van der Waals surface area (Å²) in [5.74, 6) is 1.02.